The van der Waals surface area contributed by atoms with E-state index in [1.165, 1.54) is 50.8 Å². The molecule has 0 aliphatic carbocycles. The van der Waals surface area contributed by atoms with Gasteiger partial charge < -0.3 is 10.1 Å². The van der Waals surface area contributed by atoms with E-state index in [2.05, 4.69) is 40.5 Å². The minimum absolute atomic E-state index is 0.679. The number of likely N-dealkylation sites (tertiary alicyclic amines) is 1. The van der Waals surface area contributed by atoms with Crippen LogP contribution in [0.1, 0.15) is 37.7 Å². The van der Waals surface area contributed by atoms with Gasteiger partial charge in [-0.2, -0.15) is 0 Å². The Bertz CT molecular complexity index is 393. The predicted octanol–water partition coefficient (Wildman–Crippen LogP) is 2.81. The number of piperidine rings is 1. The van der Waals surface area contributed by atoms with Crippen molar-refractivity contribution in [1.29, 1.82) is 0 Å². The van der Waals surface area contributed by atoms with Gasteiger partial charge in [-0.15, -0.1) is 0 Å². The monoisotopic (exact) mass is 288 g/mol. The van der Waals surface area contributed by atoms with Gasteiger partial charge in [0.05, 0.1) is 0 Å². The molecule has 3 rings (SSSR count). The fourth-order valence-electron chi connectivity index (χ4n) is 3.50. The maximum Gasteiger partial charge on any atom is 0.0480 e. The molecule has 2 heterocycles. The van der Waals surface area contributed by atoms with Crippen LogP contribution >= 0.6 is 0 Å². The van der Waals surface area contributed by atoms with Crippen molar-refractivity contribution in [1.82, 2.24) is 10.2 Å². The number of rotatable bonds is 4. The molecule has 0 saturated carbocycles. The summed E-state index contributed by atoms with van der Waals surface area (Å²) in [6, 6.07) is 12.2. The smallest absolute Gasteiger partial charge is 0.0480 e. The first-order valence-electron chi connectivity index (χ1n) is 8.50. The van der Waals surface area contributed by atoms with Crippen LogP contribution in [-0.2, 0) is 11.3 Å². The quantitative estimate of drug-likeness (QED) is 0.922. The van der Waals surface area contributed by atoms with Crippen molar-refractivity contribution in [2.75, 3.05) is 26.3 Å². The minimum atomic E-state index is 0.679. The van der Waals surface area contributed by atoms with Crippen molar-refractivity contribution in [2.45, 2.75) is 50.7 Å². The molecule has 1 unspecified atom stereocenters. The average molecular weight is 288 g/mol. The number of hydrogen-bond donors (Lipinski definition) is 1. The Hall–Kier alpha value is -0.900. The van der Waals surface area contributed by atoms with Gasteiger partial charge in [-0.25, -0.2) is 0 Å². The third kappa shape index (κ3) is 4.80. The summed E-state index contributed by atoms with van der Waals surface area (Å²) in [4.78, 5) is 2.59. The Labute approximate surface area is 128 Å². The molecule has 0 aromatic heterocycles. The zero-order chi connectivity index (χ0) is 14.3. The normalized spacial score (nSPS) is 25.6. The van der Waals surface area contributed by atoms with Crippen LogP contribution < -0.4 is 5.32 Å². The van der Waals surface area contributed by atoms with Gasteiger partial charge in [-0.05, 0) is 50.8 Å². The summed E-state index contributed by atoms with van der Waals surface area (Å²) in [5.41, 5.74) is 1.44. The second kappa shape index (κ2) is 7.92. The summed E-state index contributed by atoms with van der Waals surface area (Å²) < 4.78 is 5.55. The van der Waals surface area contributed by atoms with Gasteiger partial charge in [0.15, 0.2) is 0 Å². The third-order valence-corrected chi connectivity index (χ3v) is 4.76. The van der Waals surface area contributed by atoms with Crippen molar-refractivity contribution in [2.24, 2.45) is 0 Å². The molecule has 0 bridgehead atoms. The average Bonchev–Trinajstić information content (AvgIpc) is 2.79. The van der Waals surface area contributed by atoms with Crippen molar-refractivity contribution in [3.8, 4) is 0 Å². The molecule has 1 atom stereocenters. The van der Waals surface area contributed by atoms with Gasteiger partial charge in [0.2, 0.25) is 0 Å². The fourth-order valence-corrected chi connectivity index (χ4v) is 3.50. The van der Waals surface area contributed by atoms with Gasteiger partial charge >= 0.3 is 0 Å². The molecule has 3 nitrogen and oxygen atoms in total. The highest BCUT2D eigenvalue weighted by atomic mass is 16.5. The molecule has 1 N–H and O–H groups in total. The van der Waals surface area contributed by atoms with Crippen LogP contribution in [0.5, 0.6) is 0 Å². The van der Waals surface area contributed by atoms with E-state index in [0.29, 0.717) is 12.1 Å². The van der Waals surface area contributed by atoms with Crippen LogP contribution in [0, 0.1) is 0 Å². The summed E-state index contributed by atoms with van der Waals surface area (Å²) in [5.74, 6) is 0. The second-order valence-electron chi connectivity index (χ2n) is 6.44. The van der Waals surface area contributed by atoms with Crippen LogP contribution in [0.2, 0.25) is 0 Å². The molecule has 0 spiro atoms. The third-order valence-electron chi connectivity index (χ3n) is 4.76. The molecule has 1 aromatic carbocycles. The number of hydrogen-bond acceptors (Lipinski definition) is 3. The lowest BCUT2D eigenvalue weighted by atomic mass is 10.0. The van der Waals surface area contributed by atoms with Gasteiger partial charge in [-0.3, -0.25) is 4.90 Å². The van der Waals surface area contributed by atoms with Gasteiger partial charge in [-0.1, -0.05) is 30.3 Å². The lowest BCUT2D eigenvalue weighted by molar-refractivity contribution is 0.140. The number of nitrogens with one attached hydrogen (secondary N) is 1. The lowest BCUT2D eigenvalue weighted by Gasteiger charge is -2.34. The Kier molecular flexibility index (Phi) is 5.67. The Balaban J connectivity index is 1.40. The Morgan fingerprint density at radius 3 is 2.52 bits per heavy atom. The van der Waals surface area contributed by atoms with E-state index >= 15 is 0 Å². The first-order valence-corrected chi connectivity index (χ1v) is 8.50. The summed E-state index contributed by atoms with van der Waals surface area (Å²) in [6.07, 6.45) is 6.24. The molecule has 0 amide bonds. The highest BCUT2D eigenvalue weighted by Gasteiger charge is 2.22. The van der Waals surface area contributed by atoms with E-state index in [4.69, 9.17) is 4.74 Å². The molecule has 0 radical (unpaired) electrons. The summed E-state index contributed by atoms with van der Waals surface area (Å²) >= 11 is 0. The van der Waals surface area contributed by atoms with E-state index in [0.717, 1.165) is 19.8 Å². The largest absolute Gasteiger partial charge is 0.381 e. The molecular formula is C18H28N2O. The van der Waals surface area contributed by atoms with E-state index in [9.17, 15) is 0 Å². The topological polar surface area (TPSA) is 24.5 Å². The van der Waals surface area contributed by atoms with Crippen molar-refractivity contribution < 1.29 is 4.74 Å². The van der Waals surface area contributed by atoms with E-state index in [-0.39, 0.29) is 0 Å². The maximum absolute atomic E-state index is 5.55. The molecule has 2 aliphatic rings. The van der Waals surface area contributed by atoms with Crippen molar-refractivity contribution >= 4 is 0 Å². The van der Waals surface area contributed by atoms with E-state index < -0.39 is 0 Å². The summed E-state index contributed by atoms with van der Waals surface area (Å²) in [7, 11) is 0. The molecule has 2 aliphatic heterocycles. The Morgan fingerprint density at radius 2 is 1.71 bits per heavy atom. The zero-order valence-electron chi connectivity index (χ0n) is 13.0. The summed E-state index contributed by atoms with van der Waals surface area (Å²) in [5, 5.41) is 3.88. The van der Waals surface area contributed by atoms with Crippen LogP contribution in [-0.4, -0.2) is 43.3 Å². The van der Waals surface area contributed by atoms with Crippen molar-refractivity contribution in [3.63, 3.8) is 0 Å². The van der Waals surface area contributed by atoms with E-state index in [1.54, 1.807) is 0 Å². The molecule has 2 fully saturated rings. The standard InChI is InChI=1S/C18H28N2O/c1-2-5-16(6-3-1)15-20-11-8-18(9-12-20)19-17-7-4-13-21-14-10-17/h1-3,5-6,17-19H,4,7-15H2. The Morgan fingerprint density at radius 1 is 0.952 bits per heavy atom. The molecule has 21 heavy (non-hydrogen) atoms. The zero-order valence-corrected chi connectivity index (χ0v) is 13.0. The number of benzene rings is 1. The molecule has 116 valence electrons. The first kappa shape index (κ1) is 15.0. The SMILES string of the molecule is c1ccc(CN2CCC(NC3CCCOCC3)CC2)cc1. The van der Waals surface area contributed by atoms with Crippen LogP contribution in [0.25, 0.3) is 0 Å². The molecular weight excluding hydrogens is 260 g/mol. The number of nitrogens with zero attached hydrogens (tertiary/aromatic N) is 1. The highest BCUT2D eigenvalue weighted by molar-refractivity contribution is 5.14. The van der Waals surface area contributed by atoms with Crippen LogP contribution in [0.15, 0.2) is 30.3 Å². The summed E-state index contributed by atoms with van der Waals surface area (Å²) in [6.45, 7) is 5.43. The van der Waals surface area contributed by atoms with Crippen molar-refractivity contribution in [3.05, 3.63) is 35.9 Å². The van der Waals surface area contributed by atoms with Crippen LogP contribution in [0.4, 0.5) is 0 Å². The first-order chi connectivity index (χ1) is 10.4. The highest BCUT2D eigenvalue weighted by Crippen LogP contribution is 2.16. The van der Waals surface area contributed by atoms with Crippen LogP contribution in [0.3, 0.4) is 0 Å². The van der Waals surface area contributed by atoms with Gasteiger partial charge in [0.25, 0.3) is 0 Å². The number of ether oxygens (including phenoxy) is 1. The predicted molar refractivity (Wildman–Crippen MR) is 86.3 cm³/mol. The fraction of sp³-hybridized carbons (Fsp3) is 0.667. The molecule has 2 saturated heterocycles. The van der Waals surface area contributed by atoms with E-state index in [1.807, 2.05) is 0 Å². The second-order valence-corrected chi connectivity index (χ2v) is 6.44. The maximum atomic E-state index is 5.55. The minimum Gasteiger partial charge on any atom is -0.381 e. The van der Waals surface area contributed by atoms with Gasteiger partial charge in [0, 0.05) is 31.8 Å². The molecule has 3 heteroatoms. The lowest BCUT2D eigenvalue weighted by Crippen LogP contribution is -2.46. The van der Waals surface area contributed by atoms with Gasteiger partial charge in [0.1, 0.15) is 0 Å². The molecule has 1 aromatic rings.